The van der Waals surface area contributed by atoms with Crippen LogP contribution < -0.4 is 0 Å². The molecule has 0 aromatic carbocycles. The average Bonchev–Trinajstić information content (AvgIpc) is 2.85. The molecule has 1 aliphatic carbocycles. The van der Waals surface area contributed by atoms with Gasteiger partial charge in [-0.05, 0) is 35.7 Å². The van der Waals surface area contributed by atoms with Crippen LogP contribution in [-0.2, 0) is 12.0 Å². The Bertz CT molecular complexity index is 371. The Labute approximate surface area is 85.5 Å². The SMILES string of the molecule is CCn1ncc(C2(C#N)CC2)c1Br. The lowest BCUT2D eigenvalue weighted by atomic mass is 10.0. The van der Waals surface area contributed by atoms with Crippen LogP contribution in [0, 0.1) is 11.3 Å². The first-order chi connectivity index (χ1) is 6.23. The molecule has 1 aromatic heterocycles. The zero-order chi connectivity index (χ0) is 9.47. The van der Waals surface area contributed by atoms with E-state index >= 15 is 0 Å². The van der Waals surface area contributed by atoms with Crippen LogP contribution in [-0.4, -0.2) is 9.78 Å². The van der Waals surface area contributed by atoms with E-state index in [1.54, 1.807) is 0 Å². The number of aryl methyl sites for hydroxylation is 1. The standard InChI is InChI=1S/C9H10BrN3/c1-2-13-8(10)7(5-12-13)9(6-11)3-4-9/h5H,2-4H2,1H3. The van der Waals surface area contributed by atoms with Crippen LogP contribution in [0.3, 0.4) is 0 Å². The highest BCUT2D eigenvalue weighted by Gasteiger charge is 2.47. The molecule has 4 heteroatoms. The van der Waals surface area contributed by atoms with E-state index in [2.05, 4.69) is 27.1 Å². The predicted molar refractivity (Wildman–Crippen MR) is 52.1 cm³/mol. The Morgan fingerprint density at radius 3 is 2.85 bits per heavy atom. The quantitative estimate of drug-likeness (QED) is 0.795. The highest BCUT2D eigenvalue weighted by molar-refractivity contribution is 9.10. The number of nitriles is 1. The lowest BCUT2D eigenvalue weighted by Gasteiger charge is -2.03. The zero-order valence-corrected chi connectivity index (χ0v) is 9.00. The van der Waals surface area contributed by atoms with Gasteiger partial charge in [-0.15, -0.1) is 0 Å². The molecule has 0 atom stereocenters. The molecule has 68 valence electrons. The Morgan fingerprint density at radius 2 is 2.46 bits per heavy atom. The summed E-state index contributed by atoms with van der Waals surface area (Å²) in [7, 11) is 0. The molecule has 0 radical (unpaired) electrons. The second-order valence-corrected chi connectivity index (χ2v) is 4.11. The van der Waals surface area contributed by atoms with E-state index in [-0.39, 0.29) is 5.41 Å². The highest BCUT2D eigenvalue weighted by atomic mass is 79.9. The van der Waals surface area contributed by atoms with Gasteiger partial charge in [-0.1, -0.05) is 0 Å². The number of rotatable bonds is 2. The van der Waals surface area contributed by atoms with E-state index < -0.39 is 0 Å². The topological polar surface area (TPSA) is 41.6 Å². The summed E-state index contributed by atoms with van der Waals surface area (Å²) in [6, 6.07) is 2.36. The van der Waals surface area contributed by atoms with Crippen molar-refractivity contribution in [1.29, 1.82) is 5.26 Å². The minimum atomic E-state index is -0.230. The van der Waals surface area contributed by atoms with Crippen molar-refractivity contribution in [1.82, 2.24) is 9.78 Å². The van der Waals surface area contributed by atoms with Crippen LogP contribution in [0.4, 0.5) is 0 Å². The molecule has 0 spiro atoms. The van der Waals surface area contributed by atoms with E-state index in [1.165, 1.54) is 0 Å². The van der Waals surface area contributed by atoms with Gasteiger partial charge in [0.15, 0.2) is 0 Å². The lowest BCUT2D eigenvalue weighted by Crippen LogP contribution is -2.03. The molecule has 1 aliphatic rings. The molecule has 0 bridgehead atoms. The zero-order valence-electron chi connectivity index (χ0n) is 7.42. The summed E-state index contributed by atoms with van der Waals surface area (Å²) in [5.74, 6) is 0. The molecule has 1 saturated carbocycles. The van der Waals surface area contributed by atoms with E-state index in [9.17, 15) is 0 Å². The van der Waals surface area contributed by atoms with Gasteiger partial charge in [-0.3, -0.25) is 4.68 Å². The Balaban J connectivity index is 2.43. The largest absolute Gasteiger partial charge is 0.258 e. The molecule has 3 nitrogen and oxygen atoms in total. The van der Waals surface area contributed by atoms with E-state index in [1.807, 2.05) is 17.8 Å². The first-order valence-corrected chi connectivity index (χ1v) is 5.16. The molecule has 0 unspecified atom stereocenters. The minimum absolute atomic E-state index is 0.230. The monoisotopic (exact) mass is 239 g/mol. The summed E-state index contributed by atoms with van der Waals surface area (Å²) in [5, 5.41) is 13.2. The van der Waals surface area contributed by atoms with E-state index in [0.717, 1.165) is 29.6 Å². The van der Waals surface area contributed by atoms with E-state index in [0.29, 0.717) is 0 Å². The second-order valence-electron chi connectivity index (χ2n) is 3.36. The van der Waals surface area contributed by atoms with Crippen LogP contribution in [0.25, 0.3) is 0 Å². The fraction of sp³-hybridized carbons (Fsp3) is 0.556. The third-order valence-electron chi connectivity index (χ3n) is 2.55. The first-order valence-electron chi connectivity index (χ1n) is 4.36. The van der Waals surface area contributed by atoms with Crippen molar-refractivity contribution < 1.29 is 0 Å². The van der Waals surface area contributed by atoms with Gasteiger partial charge >= 0.3 is 0 Å². The normalized spacial score (nSPS) is 18.2. The molecule has 1 aromatic rings. The number of hydrogen-bond acceptors (Lipinski definition) is 2. The number of hydrogen-bond donors (Lipinski definition) is 0. The van der Waals surface area contributed by atoms with Gasteiger partial charge in [0.2, 0.25) is 0 Å². The maximum Gasteiger partial charge on any atom is 0.108 e. The van der Waals surface area contributed by atoms with Gasteiger partial charge in [0.1, 0.15) is 4.60 Å². The maximum atomic E-state index is 9.01. The second kappa shape index (κ2) is 2.85. The van der Waals surface area contributed by atoms with Crippen LogP contribution >= 0.6 is 15.9 Å². The molecule has 2 rings (SSSR count). The molecular formula is C9H10BrN3. The smallest absolute Gasteiger partial charge is 0.108 e. The fourth-order valence-electron chi connectivity index (χ4n) is 1.48. The number of aromatic nitrogens is 2. The molecule has 0 N–H and O–H groups in total. The van der Waals surface area contributed by atoms with Crippen molar-refractivity contribution in [3.8, 4) is 6.07 Å². The van der Waals surface area contributed by atoms with Crippen LogP contribution in [0.2, 0.25) is 0 Å². The summed E-state index contributed by atoms with van der Waals surface area (Å²) in [6.45, 7) is 2.87. The molecule has 1 fully saturated rings. The Kier molecular flexibility index (Phi) is 1.92. The van der Waals surface area contributed by atoms with Crippen LogP contribution in [0.15, 0.2) is 10.8 Å². The van der Waals surface area contributed by atoms with Crippen molar-refractivity contribution in [2.45, 2.75) is 31.7 Å². The Morgan fingerprint density at radius 1 is 1.77 bits per heavy atom. The van der Waals surface area contributed by atoms with Gasteiger partial charge in [0.05, 0.1) is 17.7 Å². The molecule has 13 heavy (non-hydrogen) atoms. The van der Waals surface area contributed by atoms with Gasteiger partial charge in [0, 0.05) is 12.1 Å². The molecule has 0 aliphatic heterocycles. The lowest BCUT2D eigenvalue weighted by molar-refractivity contribution is 0.643. The average molecular weight is 240 g/mol. The summed E-state index contributed by atoms with van der Waals surface area (Å²) in [6.07, 6.45) is 3.75. The number of halogens is 1. The van der Waals surface area contributed by atoms with Crippen molar-refractivity contribution in [2.24, 2.45) is 0 Å². The molecular weight excluding hydrogens is 230 g/mol. The van der Waals surface area contributed by atoms with Crippen molar-refractivity contribution in [2.75, 3.05) is 0 Å². The number of nitrogens with zero attached hydrogens (tertiary/aromatic N) is 3. The van der Waals surface area contributed by atoms with Gasteiger partial charge < -0.3 is 0 Å². The van der Waals surface area contributed by atoms with Crippen molar-refractivity contribution >= 4 is 15.9 Å². The fourth-order valence-corrected chi connectivity index (χ4v) is 2.30. The third kappa shape index (κ3) is 1.19. The van der Waals surface area contributed by atoms with Crippen LogP contribution in [0.5, 0.6) is 0 Å². The highest BCUT2D eigenvalue weighted by Crippen LogP contribution is 2.49. The molecule has 0 saturated heterocycles. The summed E-state index contributed by atoms with van der Waals surface area (Å²) < 4.78 is 2.83. The van der Waals surface area contributed by atoms with Gasteiger partial charge in [-0.2, -0.15) is 10.4 Å². The molecule has 0 amide bonds. The third-order valence-corrected chi connectivity index (χ3v) is 3.39. The molecule has 1 heterocycles. The first kappa shape index (κ1) is 8.76. The predicted octanol–water partition coefficient (Wildman–Crippen LogP) is 2.22. The van der Waals surface area contributed by atoms with Crippen molar-refractivity contribution in [3.05, 3.63) is 16.4 Å². The Hall–Kier alpha value is -0.820. The van der Waals surface area contributed by atoms with Gasteiger partial charge in [0.25, 0.3) is 0 Å². The summed E-state index contributed by atoms with van der Waals surface area (Å²) >= 11 is 3.48. The summed E-state index contributed by atoms with van der Waals surface area (Å²) in [4.78, 5) is 0. The minimum Gasteiger partial charge on any atom is -0.258 e. The van der Waals surface area contributed by atoms with Gasteiger partial charge in [-0.25, -0.2) is 0 Å². The summed E-state index contributed by atoms with van der Waals surface area (Å²) in [5.41, 5.74) is 0.823. The van der Waals surface area contributed by atoms with E-state index in [4.69, 9.17) is 5.26 Å². The van der Waals surface area contributed by atoms with Crippen molar-refractivity contribution in [3.63, 3.8) is 0 Å². The maximum absolute atomic E-state index is 9.01. The van der Waals surface area contributed by atoms with Crippen LogP contribution in [0.1, 0.15) is 25.3 Å².